The summed E-state index contributed by atoms with van der Waals surface area (Å²) in [6.07, 6.45) is 6.82. The zero-order chi connectivity index (χ0) is 41.2. The number of aromatic nitrogens is 4. The first-order valence-corrected chi connectivity index (χ1v) is 22.9. The van der Waals surface area contributed by atoms with Gasteiger partial charge in [-0.2, -0.15) is 0 Å². The van der Waals surface area contributed by atoms with Crippen LogP contribution >= 0.6 is 0 Å². The number of para-hydroxylation sites is 2. The molecule has 15 rings (SSSR count). The Hall–Kier alpha value is -7.17. The molecule has 2 aromatic heterocycles. The van der Waals surface area contributed by atoms with Crippen molar-refractivity contribution >= 4 is 32.6 Å². The molecule has 300 valence electrons. The van der Waals surface area contributed by atoms with Gasteiger partial charge in [0.25, 0.3) is 0 Å². The van der Waals surface area contributed by atoms with Crippen LogP contribution in [-0.2, 0) is 5.41 Å². The van der Waals surface area contributed by atoms with Gasteiger partial charge in [0.15, 0.2) is 17.5 Å². The Morgan fingerprint density at radius 1 is 0.397 bits per heavy atom. The van der Waals surface area contributed by atoms with E-state index in [0.717, 1.165) is 45.6 Å². The van der Waals surface area contributed by atoms with Crippen molar-refractivity contribution in [2.45, 2.75) is 37.5 Å². The average molecular weight is 809 g/mol. The second-order valence-corrected chi connectivity index (χ2v) is 18.8. The lowest BCUT2D eigenvalue weighted by atomic mass is 9.43. The van der Waals surface area contributed by atoms with Crippen LogP contribution in [0.3, 0.4) is 0 Å². The SMILES string of the molecule is c1ccc(-c2nc(-c3ccc(-c4ccc5c6ccccc6n(-c6ccccc6)c5c4)cc3)nc(-c3ccc4c(c3)C3(c5ccc6ccccc6c5-4)C4CC5CC(C4)CC3C5)n2)cc1. The first kappa shape index (κ1) is 35.4. The topological polar surface area (TPSA) is 43.6 Å². The number of rotatable bonds is 5. The number of hydrogen-bond acceptors (Lipinski definition) is 3. The lowest BCUT2D eigenvalue weighted by Crippen LogP contribution is -2.55. The van der Waals surface area contributed by atoms with E-state index in [-0.39, 0.29) is 5.41 Å². The maximum absolute atomic E-state index is 5.34. The molecule has 0 N–H and O–H groups in total. The monoisotopic (exact) mass is 808 g/mol. The van der Waals surface area contributed by atoms with Gasteiger partial charge >= 0.3 is 0 Å². The second-order valence-electron chi connectivity index (χ2n) is 18.8. The molecule has 1 spiro atoms. The summed E-state index contributed by atoms with van der Waals surface area (Å²) in [6.45, 7) is 0. The van der Waals surface area contributed by atoms with Gasteiger partial charge in [-0.05, 0) is 130 Å². The summed E-state index contributed by atoms with van der Waals surface area (Å²) in [5.74, 6) is 5.19. The van der Waals surface area contributed by atoms with Gasteiger partial charge < -0.3 is 4.57 Å². The molecule has 0 atom stereocenters. The van der Waals surface area contributed by atoms with E-state index in [2.05, 4.69) is 180 Å². The molecule has 4 saturated carbocycles. The Kier molecular flexibility index (Phi) is 7.54. The highest BCUT2D eigenvalue weighted by molar-refractivity contribution is 6.10. The lowest BCUT2D eigenvalue weighted by Gasteiger charge is -2.61. The summed E-state index contributed by atoms with van der Waals surface area (Å²) in [6, 6.07) is 66.5. The van der Waals surface area contributed by atoms with Crippen LogP contribution in [0.5, 0.6) is 0 Å². The average Bonchev–Trinajstić information content (AvgIpc) is 3.83. The molecule has 0 radical (unpaired) electrons. The molecule has 63 heavy (non-hydrogen) atoms. The number of nitrogens with zero attached hydrogens (tertiary/aromatic N) is 4. The summed E-state index contributed by atoms with van der Waals surface area (Å²) in [5, 5.41) is 5.21. The molecule has 2 heterocycles. The van der Waals surface area contributed by atoms with E-state index in [9.17, 15) is 0 Å². The molecule has 5 aliphatic carbocycles. The molecule has 0 amide bonds. The first-order valence-electron chi connectivity index (χ1n) is 22.9. The minimum atomic E-state index is 0.0323. The van der Waals surface area contributed by atoms with E-state index in [0.29, 0.717) is 23.5 Å². The molecule has 4 bridgehead atoms. The van der Waals surface area contributed by atoms with Crippen LogP contribution in [0.4, 0.5) is 0 Å². The molecule has 4 fully saturated rings. The third-order valence-corrected chi connectivity index (χ3v) is 15.6. The summed E-state index contributed by atoms with van der Waals surface area (Å²) in [4.78, 5) is 15.8. The smallest absolute Gasteiger partial charge is 0.164 e. The molecular weight excluding hydrogens is 765 g/mol. The zero-order valence-electron chi connectivity index (χ0n) is 35.0. The standard InChI is InChI=1S/C59H44N4/c1-3-12-40(13-4-1)56-60-57(41-21-19-38(20-22-41)42-23-26-49-48-17-9-10-18-53(48)63(54(49)35-42)46-14-5-2-6-15-46)62-58(61-56)43-24-27-50-52(34-43)59(44-30-36-29-37(32-44)33-45(59)31-36)51-28-25-39-11-7-8-16-47(39)55(50)51/h1-28,34-37,44-45H,29-33H2. The van der Waals surface area contributed by atoms with Gasteiger partial charge in [0.1, 0.15) is 0 Å². The summed E-state index contributed by atoms with van der Waals surface area (Å²) >= 11 is 0. The predicted molar refractivity (Wildman–Crippen MR) is 257 cm³/mol. The summed E-state index contributed by atoms with van der Waals surface area (Å²) in [5.41, 5.74) is 14.9. The molecule has 8 aromatic carbocycles. The highest BCUT2D eigenvalue weighted by Crippen LogP contribution is 2.70. The van der Waals surface area contributed by atoms with E-state index >= 15 is 0 Å². The van der Waals surface area contributed by atoms with Crippen molar-refractivity contribution in [1.29, 1.82) is 0 Å². The summed E-state index contributed by atoms with van der Waals surface area (Å²) in [7, 11) is 0. The number of hydrogen-bond donors (Lipinski definition) is 0. The highest BCUT2D eigenvalue weighted by Gasteiger charge is 2.61. The van der Waals surface area contributed by atoms with Crippen molar-refractivity contribution in [2.75, 3.05) is 0 Å². The maximum Gasteiger partial charge on any atom is 0.164 e. The Bertz CT molecular complexity index is 3430. The Balaban J connectivity index is 0.898. The van der Waals surface area contributed by atoms with Crippen LogP contribution in [0.15, 0.2) is 182 Å². The van der Waals surface area contributed by atoms with Crippen LogP contribution in [0, 0.1) is 23.7 Å². The highest BCUT2D eigenvalue weighted by atomic mass is 15.0. The van der Waals surface area contributed by atoms with Crippen molar-refractivity contribution in [3.05, 3.63) is 193 Å². The van der Waals surface area contributed by atoms with E-state index in [1.807, 2.05) is 6.07 Å². The fourth-order valence-corrected chi connectivity index (χ4v) is 13.3. The van der Waals surface area contributed by atoms with Crippen molar-refractivity contribution in [3.63, 3.8) is 0 Å². The molecule has 4 nitrogen and oxygen atoms in total. The fraction of sp³-hybridized carbons (Fsp3) is 0.169. The summed E-state index contributed by atoms with van der Waals surface area (Å²) < 4.78 is 2.38. The van der Waals surface area contributed by atoms with Gasteiger partial charge in [-0.1, -0.05) is 152 Å². The van der Waals surface area contributed by atoms with E-state index in [4.69, 9.17) is 15.0 Å². The Morgan fingerprint density at radius 2 is 0.968 bits per heavy atom. The Morgan fingerprint density at radius 3 is 1.71 bits per heavy atom. The molecule has 4 heteroatoms. The van der Waals surface area contributed by atoms with E-state index in [1.165, 1.54) is 86.9 Å². The van der Waals surface area contributed by atoms with Crippen LogP contribution in [0.2, 0.25) is 0 Å². The normalized spacial score (nSPS) is 21.7. The van der Waals surface area contributed by atoms with Gasteiger partial charge in [0.2, 0.25) is 0 Å². The molecule has 0 unspecified atom stereocenters. The third kappa shape index (κ3) is 5.18. The quantitative estimate of drug-likeness (QED) is 0.174. The van der Waals surface area contributed by atoms with Crippen LogP contribution in [-0.4, -0.2) is 19.5 Å². The number of benzene rings is 8. The van der Waals surface area contributed by atoms with Gasteiger partial charge in [0.05, 0.1) is 11.0 Å². The molecular formula is C59H44N4. The van der Waals surface area contributed by atoms with Crippen molar-refractivity contribution < 1.29 is 0 Å². The first-order chi connectivity index (χ1) is 31.2. The van der Waals surface area contributed by atoms with Crippen LogP contribution in [0.1, 0.15) is 43.2 Å². The molecule has 5 aliphatic rings. The minimum Gasteiger partial charge on any atom is -0.309 e. The lowest BCUT2D eigenvalue weighted by molar-refractivity contribution is -0.0399. The van der Waals surface area contributed by atoms with Crippen LogP contribution < -0.4 is 0 Å². The van der Waals surface area contributed by atoms with E-state index < -0.39 is 0 Å². The van der Waals surface area contributed by atoms with Gasteiger partial charge in [0, 0.05) is 38.6 Å². The minimum absolute atomic E-state index is 0.0323. The van der Waals surface area contributed by atoms with Crippen molar-refractivity contribution in [2.24, 2.45) is 23.7 Å². The van der Waals surface area contributed by atoms with Gasteiger partial charge in [-0.3, -0.25) is 0 Å². The molecule has 0 aliphatic heterocycles. The van der Waals surface area contributed by atoms with Crippen molar-refractivity contribution in [1.82, 2.24) is 19.5 Å². The maximum atomic E-state index is 5.34. The Labute approximate surface area is 367 Å². The van der Waals surface area contributed by atoms with Gasteiger partial charge in [-0.15, -0.1) is 0 Å². The molecule has 10 aromatic rings. The predicted octanol–water partition coefficient (Wildman–Crippen LogP) is 14.5. The zero-order valence-corrected chi connectivity index (χ0v) is 35.0. The third-order valence-electron chi connectivity index (χ3n) is 15.6. The second kappa shape index (κ2) is 13.4. The largest absolute Gasteiger partial charge is 0.309 e. The molecule has 0 saturated heterocycles. The van der Waals surface area contributed by atoms with Gasteiger partial charge in [-0.25, -0.2) is 15.0 Å². The number of fused-ring (bicyclic) bond motifs is 8. The van der Waals surface area contributed by atoms with E-state index in [1.54, 1.807) is 5.56 Å². The van der Waals surface area contributed by atoms with Crippen LogP contribution in [0.25, 0.3) is 94.7 Å². The van der Waals surface area contributed by atoms with Crippen molar-refractivity contribution in [3.8, 4) is 62.1 Å². The fourth-order valence-electron chi connectivity index (χ4n) is 13.3.